The minimum atomic E-state index is -0.158. The number of unbranched alkanes of at least 4 members (excludes halogenated alkanes) is 8. The fraction of sp³-hybridized carbons (Fsp3) is 0.609. The van der Waals surface area contributed by atoms with Gasteiger partial charge in [-0.2, -0.15) is 0 Å². The molecule has 2 heteroatoms. The first kappa shape index (κ1) is 21.5. The SMILES string of the molecule is CCCCCCC=CCCCCCCC(Cc1ccccc1)C(N)=O. The lowest BCUT2D eigenvalue weighted by molar-refractivity contribution is -0.122. The van der Waals surface area contributed by atoms with Gasteiger partial charge in [-0.15, -0.1) is 0 Å². The molecule has 0 aliphatic rings. The molecule has 0 bridgehead atoms. The van der Waals surface area contributed by atoms with E-state index in [0.29, 0.717) is 0 Å². The van der Waals surface area contributed by atoms with Gasteiger partial charge in [-0.05, 0) is 44.1 Å². The van der Waals surface area contributed by atoms with Crippen LogP contribution in [-0.4, -0.2) is 5.91 Å². The lowest BCUT2D eigenvalue weighted by atomic mass is 9.93. The van der Waals surface area contributed by atoms with Gasteiger partial charge in [-0.1, -0.05) is 87.9 Å². The number of carbonyl (C=O) groups is 1. The van der Waals surface area contributed by atoms with Crippen LogP contribution >= 0.6 is 0 Å². The van der Waals surface area contributed by atoms with Crippen molar-refractivity contribution < 1.29 is 4.79 Å². The molecule has 0 aliphatic heterocycles. The maximum absolute atomic E-state index is 11.6. The van der Waals surface area contributed by atoms with Gasteiger partial charge in [0.05, 0.1) is 0 Å². The molecule has 1 atom stereocenters. The molecule has 140 valence electrons. The predicted molar refractivity (Wildman–Crippen MR) is 108 cm³/mol. The van der Waals surface area contributed by atoms with Crippen molar-refractivity contribution in [3.8, 4) is 0 Å². The number of allylic oxidation sites excluding steroid dienone is 2. The van der Waals surface area contributed by atoms with E-state index < -0.39 is 0 Å². The molecule has 0 heterocycles. The third kappa shape index (κ3) is 11.6. The van der Waals surface area contributed by atoms with E-state index in [0.717, 1.165) is 19.3 Å². The first-order chi connectivity index (χ1) is 12.2. The van der Waals surface area contributed by atoms with Gasteiger partial charge in [0, 0.05) is 5.92 Å². The molecule has 1 unspecified atom stereocenters. The highest BCUT2D eigenvalue weighted by Crippen LogP contribution is 2.17. The number of rotatable bonds is 15. The fourth-order valence-corrected chi connectivity index (χ4v) is 3.17. The second-order valence-corrected chi connectivity index (χ2v) is 7.10. The van der Waals surface area contributed by atoms with Crippen molar-refractivity contribution in [2.45, 2.75) is 84.0 Å². The maximum Gasteiger partial charge on any atom is 0.220 e. The van der Waals surface area contributed by atoms with Crippen LogP contribution in [0.3, 0.4) is 0 Å². The van der Waals surface area contributed by atoms with E-state index in [9.17, 15) is 4.79 Å². The van der Waals surface area contributed by atoms with Crippen LogP contribution in [0.15, 0.2) is 42.5 Å². The molecule has 1 rings (SSSR count). The lowest BCUT2D eigenvalue weighted by Gasteiger charge is -2.13. The second-order valence-electron chi connectivity index (χ2n) is 7.10. The Labute approximate surface area is 154 Å². The molecule has 1 amide bonds. The molecular formula is C23H37NO. The molecule has 2 nitrogen and oxygen atoms in total. The summed E-state index contributed by atoms with van der Waals surface area (Å²) in [5, 5.41) is 0. The normalized spacial score (nSPS) is 12.5. The number of carbonyl (C=O) groups excluding carboxylic acids is 1. The van der Waals surface area contributed by atoms with Gasteiger partial charge in [0.15, 0.2) is 0 Å². The zero-order valence-electron chi connectivity index (χ0n) is 16.1. The lowest BCUT2D eigenvalue weighted by Crippen LogP contribution is -2.25. The Bertz CT molecular complexity index is 466. The second kappa shape index (κ2) is 14.7. The average Bonchev–Trinajstić information content (AvgIpc) is 2.62. The molecule has 0 saturated carbocycles. The summed E-state index contributed by atoms with van der Waals surface area (Å²) in [5.74, 6) is -0.180. The standard InChI is InChI=1S/C23H37NO/c1-2-3-4-5-6-7-8-9-10-11-12-16-19-22(23(24)25)20-21-17-14-13-15-18-21/h7-8,13-15,17-18,22H,2-6,9-12,16,19-20H2,1H3,(H2,24,25). The van der Waals surface area contributed by atoms with E-state index in [1.54, 1.807) is 0 Å². The average molecular weight is 344 g/mol. The summed E-state index contributed by atoms with van der Waals surface area (Å²) in [7, 11) is 0. The minimum absolute atomic E-state index is 0.0228. The van der Waals surface area contributed by atoms with Crippen LogP contribution in [-0.2, 0) is 11.2 Å². The fourth-order valence-electron chi connectivity index (χ4n) is 3.17. The van der Waals surface area contributed by atoms with Crippen molar-refractivity contribution in [2.24, 2.45) is 11.7 Å². The van der Waals surface area contributed by atoms with E-state index in [1.807, 2.05) is 18.2 Å². The van der Waals surface area contributed by atoms with Crippen LogP contribution in [0.4, 0.5) is 0 Å². The van der Waals surface area contributed by atoms with Crippen molar-refractivity contribution in [1.82, 2.24) is 0 Å². The van der Waals surface area contributed by atoms with Gasteiger partial charge in [0.1, 0.15) is 0 Å². The number of hydrogen-bond donors (Lipinski definition) is 1. The molecular weight excluding hydrogens is 306 g/mol. The van der Waals surface area contributed by atoms with E-state index >= 15 is 0 Å². The summed E-state index contributed by atoms with van der Waals surface area (Å²) in [6, 6.07) is 10.2. The van der Waals surface area contributed by atoms with Crippen molar-refractivity contribution in [3.63, 3.8) is 0 Å². The van der Waals surface area contributed by atoms with E-state index in [-0.39, 0.29) is 11.8 Å². The van der Waals surface area contributed by atoms with Crippen molar-refractivity contribution in [2.75, 3.05) is 0 Å². The smallest absolute Gasteiger partial charge is 0.220 e. The van der Waals surface area contributed by atoms with Crippen molar-refractivity contribution >= 4 is 5.91 Å². The summed E-state index contributed by atoms with van der Waals surface area (Å²) in [6.45, 7) is 2.25. The number of hydrogen-bond acceptors (Lipinski definition) is 1. The summed E-state index contributed by atoms with van der Waals surface area (Å²) < 4.78 is 0. The third-order valence-corrected chi connectivity index (χ3v) is 4.79. The Morgan fingerprint density at radius 1 is 0.920 bits per heavy atom. The predicted octanol–water partition coefficient (Wildman–Crippen LogP) is 6.20. The van der Waals surface area contributed by atoms with Gasteiger partial charge >= 0.3 is 0 Å². The molecule has 0 saturated heterocycles. The third-order valence-electron chi connectivity index (χ3n) is 4.79. The van der Waals surface area contributed by atoms with Crippen LogP contribution in [0.25, 0.3) is 0 Å². The highest BCUT2D eigenvalue weighted by Gasteiger charge is 2.15. The monoisotopic (exact) mass is 343 g/mol. The van der Waals surface area contributed by atoms with Crippen LogP contribution in [0.2, 0.25) is 0 Å². The molecule has 1 aromatic rings. The van der Waals surface area contributed by atoms with E-state index in [2.05, 4.69) is 31.2 Å². The molecule has 0 radical (unpaired) electrons. The van der Waals surface area contributed by atoms with E-state index in [4.69, 9.17) is 5.73 Å². The Kier molecular flexibility index (Phi) is 12.7. The highest BCUT2D eigenvalue weighted by molar-refractivity contribution is 5.76. The maximum atomic E-state index is 11.6. The molecule has 1 aromatic carbocycles. The Morgan fingerprint density at radius 3 is 2.12 bits per heavy atom. The van der Waals surface area contributed by atoms with Crippen LogP contribution in [0.1, 0.15) is 83.1 Å². The topological polar surface area (TPSA) is 43.1 Å². The first-order valence-electron chi connectivity index (χ1n) is 10.2. The number of nitrogens with two attached hydrogens (primary N) is 1. The number of primary amides is 1. The Balaban J connectivity index is 2.05. The zero-order valence-corrected chi connectivity index (χ0v) is 16.1. The minimum Gasteiger partial charge on any atom is -0.369 e. The molecule has 0 spiro atoms. The van der Waals surface area contributed by atoms with E-state index in [1.165, 1.54) is 63.4 Å². The van der Waals surface area contributed by atoms with Gasteiger partial charge in [-0.3, -0.25) is 4.79 Å². The zero-order chi connectivity index (χ0) is 18.2. The Hall–Kier alpha value is -1.57. The summed E-state index contributed by atoms with van der Waals surface area (Å²) in [5.41, 5.74) is 6.78. The van der Waals surface area contributed by atoms with Crippen LogP contribution in [0, 0.1) is 5.92 Å². The van der Waals surface area contributed by atoms with Crippen LogP contribution < -0.4 is 5.73 Å². The number of benzene rings is 1. The van der Waals surface area contributed by atoms with Gasteiger partial charge < -0.3 is 5.73 Å². The van der Waals surface area contributed by atoms with Crippen LogP contribution in [0.5, 0.6) is 0 Å². The highest BCUT2D eigenvalue weighted by atomic mass is 16.1. The summed E-state index contributed by atoms with van der Waals surface area (Å²) in [4.78, 5) is 11.6. The first-order valence-corrected chi connectivity index (χ1v) is 10.2. The van der Waals surface area contributed by atoms with Gasteiger partial charge in [-0.25, -0.2) is 0 Å². The summed E-state index contributed by atoms with van der Waals surface area (Å²) >= 11 is 0. The molecule has 0 fully saturated rings. The molecule has 0 aromatic heterocycles. The molecule has 2 N–H and O–H groups in total. The molecule has 25 heavy (non-hydrogen) atoms. The van der Waals surface area contributed by atoms with Gasteiger partial charge in [0.2, 0.25) is 5.91 Å². The van der Waals surface area contributed by atoms with Crippen molar-refractivity contribution in [1.29, 1.82) is 0 Å². The largest absolute Gasteiger partial charge is 0.369 e. The molecule has 0 aliphatic carbocycles. The van der Waals surface area contributed by atoms with Gasteiger partial charge in [0.25, 0.3) is 0 Å². The van der Waals surface area contributed by atoms with Crippen molar-refractivity contribution in [3.05, 3.63) is 48.0 Å². The summed E-state index contributed by atoms with van der Waals surface area (Å²) in [6.07, 6.45) is 19.0. The number of amides is 1. The Morgan fingerprint density at radius 2 is 1.52 bits per heavy atom. The quantitative estimate of drug-likeness (QED) is 0.299.